The molecule has 0 spiro atoms. The van der Waals surface area contributed by atoms with Crippen LogP contribution in [0, 0.1) is 25.7 Å². The molecule has 2 aromatic heterocycles. The van der Waals surface area contributed by atoms with E-state index in [4.69, 9.17) is 51.1 Å². The molecule has 1 saturated heterocycles. The fourth-order valence-corrected chi connectivity index (χ4v) is 6.37. The van der Waals surface area contributed by atoms with Gasteiger partial charge in [-0.25, -0.2) is 14.6 Å². The fraction of sp³-hybridized carbons (Fsp3) is 0.306. The van der Waals surface area contributed by atoms with Gasteiger partial charge in [0.15, 0.2) is 0 Å². The number of nitrogens with zero attached hydrogens (tertiary/aromatic N) is 6. The Morgan fingerprint density at radius 2 is 1.63 bits per heavy atom. The summed E-state index contributed by atoms with van der Waals surface area (Å²) in [7, 11) is 1.63. The number of pyridine rings is 1. The standard InChI is InChI=1S/C36H35Cl4N9O5/c1-20-4-10-25(12-29(20)49-16-23-14-43-33(46-30(23)47(3)34(49)52)45-26-11-5-21(2)41-15-26)44-32(51)28-18-48(35(53)54-19-36(38,39)40)17-27(28)31(50)42-13-22-6-8-24(37)9-7-22/h4-12,14-15,27-28H,13,16-19H2,1-3H3,(H,42,50)(H,44,51)(H,43,45,46)/t27-,28-/m1/s1. The Balaban J connectivity index is 1.18. The van der Waals surface area contributed by atoms with Gasteiger partial charge in [0, 0.05) is 54.8 Å². The SMILES string of the molecule is Cc1ccc(Nc2ncc3c(n2)N(C)C(=O)N(c2cc(NC(=O)[C@@H]4CN(C(=O)OCC(Cl)(Cl)Cl)C[C@H]4C(=O)NCc4ccc(Cl)cc4)ccc2C)C3)cn1. The summed E-state index contributed by atoms with van der Waals surface area (Å²) in [4.78, 5) is 71.6. The van der Waals surface area contributed by atoms with Gasteiger partial charge in [0.1, 0.15) is 12.4 Å². The largest absolute Gasteiger partial charge is 0.445 e. The summed E-state index contributed by atoms with van der Waals surface area (Å²) in [6, 6.07) is 15.5. The van der Waals surface area contributed by atoms with Gasteiger partial charge in [0.25, 0.3) is 0 Å². The van der Waals surface area contributed by atoms with Crippen LogP contribution in [-0.4, -0.2) is 74.3 Å². The van der Waals surface area contributed by atoms with Gasteiger partial charge in [0.05, 0.1) is 36.0 Å². The average molecular weight is 816 g/mol. The van der Waals surface area contributed by atoms with E-state index >= 15 is 0 Å². The molecule has 0 unspecified atom stereocenters. The molecule has 4 aromatic rings. The van der Waals surface area contributed by atoms with Crippen molar-refractivity contribution in [2.75, 3.05) is 47.2 Å². The first-order valence-electron chi connectivity index (χ1n) is 16.7. The van der Waals surface area contributed by atoms with Gasteiger partial charge in [-0.2, -0.15) is 4.98 Å². The molecule has 2 aliphatic heterocycles. The lowest BCUT2D eigenvalue weighted by atomic mass is 9.94. The quantitative estimate of drug-likeness (QED) is 0.155. The maximum absolute atomic E-state index is 13.9. The third-order valence-corrected chi connectivity index (χ3v) is 9.51. The average Bonchev–Trinajstić information content (AvgIpc) is 3.60. The van der Waals surface area contributed by atoms with Gasteiger partial charge in [-0.1, -0.05) is 64.6 Å². The van der Waals surface area contributed by atoms with Crippen LogP contribution in [0.4, 0.5) is 38.4 Å². The van der Waals surface area contributed by atoms with Crippen molar-refractivity contribution in [3.63, 3.8) is 0 Å². The van der Waals surface area contributed by atoms with Crippen LogP contribution in [0.15, 0.2) is 67.0 Å². The number of halogens is 4. The fourth-order valence-electron chi connectivity index (χ4n) is 6.08. The topological polar surface area (TPSA) is 162 Å². The number of likely N-dealkylation sites (tertiary alicyclic amines) is 1. The number of urea groups is 1. The number of carbonyl (C=O) groups is 4. The highest BCUT2D eigenvalue weighted by molar-refractivity contribution is 6.67. The minimum Gasteiger partial charge on any atom is -0.445 e. The number of ether oxygens (including phenoxy) is 1. The highest BCUT2D eigenvalue weighted by Crippen LogP contribution is 2.34. The van der Waals surface area contributed by atoms with E-state index in [-0.39, 0.29) is 32.2 Å². The number of amides is 5. The third-order valence-electron chi connectivity index (χ3n) is 8.93. The molecule has 0 saturated carbocycles. The Hall–Kier alpha value is -4.89. The molecule has 3 N–H and O–H groups in total. The Morgan fingerprint density at radius 3 is 2.31 bits per heavy atom. The molecule has 4 heterocycles. The summed E-state index contributed by atoms with van der Waals surface area (Å²) < 4.78 is 3.30. The monoisotopic (exact) mass is 813 g/mol. The summed E-state index contributed by atoms with van der Waals surface area (Å²) in [5, 5.41) is 9.40. The van der Waals surface area contributed by atoms with Crippen molar-refractivity contribution in [2.45, 2.75) is 30.7 Å². The molecular weight excluding hydrogens is 780 g/mol. The number of nitrogens with one attached hydrogen (secondary N) is 3. The third kappa shape index (κ3) is 9.24. The normalized spacial score (nSPS) is 16.9. The molecule has 0 radical (unpaired) electrons. The lowest BCUT2D eigenvalue weighted by Gasteiger charge is -2.35. The van der Waals surface area contributed by atoms with Gasteiger partial charge >= 0.3 is 12.1 Å². The molecule has 5 amide bonds. The minimum atomic E-state index is -1.84. The minimum absolute atomic E-state index is 0.113. The summed E-state index contributed by atoms with van der Waals surface area (Å²) >= 11 is 23.3. The van der Waals surface area contributed by atoms with Crippen molar-refractivity contribution in [3.05, 3.63) is 94.4 Å². The molecule has 14 nitrogen and oxygen atoms in total. The molecule has 54 heavy (non-hydrogen) atoms. The molecule has 282 valence electrons. The first kappa shape index (κ1) is 38.8. The summed E-state index contributed by atoms with van der Waals surface area (Å²) in [5.74, 6) is -2.09. The van der Waals surface area contributed by atoms with E-state index in [0.717, 1.165) is 16.8 Å². The molecule has 2 aliphatic rings. The number of carbonyl (C=O) groups excluding carboxylic acids is 4. The lowest BCUT2D eigenvalue weighted by Crippen LogP contribution is -2.46. The second kappa shape index (κ2) is 16.2. The lowest BCUT2D eigenvalue weighted by molar-refractivity contribution is -0.130. The van der Waals surface area contributed by atoms with Gasteiger partial charge in [-0.15, -0.1) is 0 Å². The number of alkyl halides is 3. The van der Waals surface area contributed by atoms with E-state index in [1.807, 2.05) is 26.0 Å². The summed E-state index contributed by atoms with van der Waals surface area (Å²) in [6.45, 7) is 3.32. The van der Waals surface area contributed by atoms with Gasteiger partial charge in [0.2, 0.25) is 21.6 Å². The molecular formula is C36H35Cl4N9O5. The van der Waals surface area contributed by atoms with Crippen LogP contribution in [-0.2, 0) is 27.4 Å². The Bertz CT molecular complexity index is 2070. The number of rotatable bonds is 9. The van der Waals surface area contributed by atoms with E-state index in [1.54, 1.807) is 66.8 Å². The number of anilines is 5. The number of hydrogen-bond acceptors (Lipinski definition) is 9. The molecule has 0 bridgehead atoms. The van der Waals surface area contributed by atoms with E-state index in [2.05, 4.69) is 30.9 Å². The van der Waals surface area contributed by atoms with Crippen LogP contribution in [0.2, 0.25) is 5.02 Å². The van der Waals surface area contributed by atoms with E-state index in [1.165, 1.54) is 9.80 Å². The number of hydrogen-bond donors (Lipinski definition) is 3. The van der Waals surface area contributed by atoms with Gasteiger partial charge in [-0.05, 0) is 61.4 Å². The summed E-state index contributed by atoms with van der Waals surface area (Å²) in [6.07, 6.45) is 2.50. The highest BCUT2D eigenvalue weighted by atomic mass is 35.6. The van der Waals surface area contributed by atoms with Crippen LogP contribution in [0.5, 0.6) is 0 Å². The van der Waals surface area contributed by atoms with Crippen molar-refractivity contribution in [2.24, 2.45) is 11.8 Å². The van der Waals surface area contributed by atoms with Crippen LogP contribution < -0.4 is 25.8 Å². The van der Waals surface area contributed by atoms with Crippen LogP contribution in [0.1, 0.15) is 22.4 Å². The number of benzene rings is 2. The molecule has 2 aromatic carbocycles. The van der Waals surface area contributed by atoms with Crippen molar-refractivity contribution >= 4 is 99.2 Å². The molecule has 1 fully saturated rings. The van der Waals surface area contributed by atoms with E-state index in [0.29, 0.717) is 39.4 Å². The number of aromatic nitrogens is 3. The first-order valence-corrected chi connectivity index (χ1v) is 18.2. The first-order chi connectivity index (χ1) is 25.6. The highest BCUT2D eigenvalue weighted by Gasteiger charge is 2.44. The smallest absolute Gasteiger partial charge is 0.409 e. The van der Waals surface area contributed by atoms with Gasteiger partial charge < -0.3 is 25.6 Å². The predicted octanol–water partition coefficient (Wildman–Crippen LogP) is 6.77. The van der Waals surface area contributed by atoms with Crippen molar-refractivity contribution in [1.29, 1.82) is 0 Å². The maximum atomic E-state index is 13.9. The molecule has 6 rings (SSSR count). The van der Waals surface area contributed by atoms with Crippen LogP contribution >= 0.6 is 46.4 Å². The molecule has 0 aliphatic carbocycles. The number of aryl methyl sites for hydroxylation is 2. The second-order valence-corrected chi connectivity index (χ2v) is 15.9. The van der Waals surface area contributed by atoms with E-state index in [9.17, 15) is 19.2 Å². The Morgan fingerprint density at radius 1 is 0.926 bits per heavy atom. The van der Waals surface area contributed by atoms with Crippen molar-refractivity contribution < 1.29 is 23.9 Å². The zero-order valence-electron chi connectivity index (χ0n) is 29.3. The van der Waals surface area contributed by atoms with Crippen LogP contribution in [0.3, 0.4) is 0 Å². The molecule has 18 heteroatoms. The zero-order valence-corrected chi connectivity index (χ0v) is 32.3. The maximum Gasteiger partial charge on any atom is 0.409 e. The van der Waals surface area contributed by atoms with Crippen LogP contribution in [0.25, 0.3) is 0 Å². The molecule has 2 atom stereocenters. The Kier molecular flexibility index (Phi) is 11.7. The Labute approximate surface area is 331 Å². The van der Waals surface area contributed by atoms with E-state index < -0.39 is 40.1 Å². The summed E-state index contributed by atoms with van der Waals surface area (Å²) in [5.41, 5.74) is 4.77. The second-order valence-electron chi connectivity index (χ2n) is 12.9. The van der Waals surface area contributed by atoms with Crippen molar-refractivity contribution in [1.82, 2.24) is 25.2 Å². The predicted molar refractivity (Wildman–Crippen MR) is 208 cm³/mol. The zero-order chi connectivity index (χ0) is 38.7. The van der Waals surface area contributed by atoms with Gasteiger partial charge in [-0.3, -0.25) is 24.4 Å². The number of fused-ring (bicyclic) bond motifs is 1. The van der Waals surface area contributed by atoms with Crippen molar-refractivity contribution in [3.8, 4) is 0 Å².